The summed E-state index contributed by atoms with van der Waals surface area (Å²) in [6.07, 6.45) is 2.21. The number of pyridine rings is 1. The Kier molecular flexibility index (Phi) is 4.49. The van der Waals surface area contributed by atoms with E-state index in [1.54, 1.807) is 24.4 Å². The van der Waals surface area contributed by atoms with E-state index in [-0.39, 0.29) is 5.91 Å². The Morgan fingerprint density at radius 1 is 1.32 bits per heavy atom. The molecular weight excluding hydrogens is 262 g/mol. The molecule has 0 saturated heterocycles. The van der Waals surface area contributed by atoms with Gasteiger partial charge in [0.05, 0.1) is 0 Å². The molecule has 3 N–H and O–H groups in total. The number of nitrogens with two attached hydrogens (primary N) is 1. The molecule has 0 bridgehead atoms. The molecule has 1 aromatic carbocycles. The Morgan fingerprint density at radius 2 is 2.11 bits per heavy atom. The van der Waals surface area contributed by atoms with Crippen LogP contribution in [0.15, 0.2) is 42.6 Å². The van der Waals surface area contributed by atoms with Gasteiger partial charge >= 0.3 is 0 Å². The van der Waals surface area contributed by atoms with E-state index in [4.69, 9.17) is 17.3 Å². The molecule has 0 fully saturated rings. The van der Waals surface area contributed by atoms with Gasteiger partial charge in [-0.05, 0) is 36.7 Å². The second-order valence-electron chi connectivity index (χ2n) is 4.02. The molecule has 19 heavy (non-hydrogen) atoms. The molecule has 98 valence electrons. The second-order valence-corrected chi connectivity index (χ2v) is 4.40. The quantitative estimate of drug-likeness (QED) is 0.843. The molecule has 0 radical (unpaired) electrons. The van der Waals surface area contributed by atoms with Crippen LogP contribution in [0.25, 0.3) is 0 Å². The number of anilines is 1. The lowest BCUT2D eigenvalue weighted by Gasteiger charge is -2.09. The van der Waals surface area contributed by atoms with Crippen molar-refractivity contribution >= 4 is 23.2 Å². The standard InChI is InChI=1S/C14H14ClN3O/c15-13-9-11(6-8-17-13)18-14(19)12-4-2-1-3-10(12)5-7-16/h1-4,6,8-9H,5,7,16H2,(H,17,18,19). The van der Waals surface area contributed by atoms with E-state index in [1.165, 1.54) is 0 Å². The fourth-order valence-corrected chi connectivity index (χ4v) is 1.97. The van der Waals surface area contributed by atoms with Crippen LogP contribution < -0.4 is 11.1 Å². The molecule has 0 aliphatic rings. The van der Waals surface area contributed by atoms with Crippen LogP contribution in [0.5, 0.6) is 0 Å². The molecule has 0 aliphatic carbocycles. The van der Waals surface area contributed by atoms with Crippen molar-refractivity contribution in [2.75, 3.05) is 11.9 Å². The van der Waals surface area contributed by atoms with Crippen molar-refractivity contribution in [3.8, 4) is 0 Å². The summed E-state index contributed by atoms with van der Waals surface area (Å²) >= 11 is 5.78. The third kappa shape index (κ3) is 3.53. The van der Waals surface area contributed by atoms with Gasteiger partial charge in [-0.2, -0.15) is 0 Å². The number of halogens is 1. The molecule has 4 nitrogen and oxygen atoms in total. The van der Waals surface area contributed by atoms with Crippen molar-refractivity contribution in [3.63, 3.8) is 0 Å². The average molecular weight is 276 g/mol. The molecule has 0 spiro atoms. The van der Waals surface area contributed by atoms with E-state index in [0.717, 1.165) is 5.56 Å². The molecule has 0 unspecified atom stereocenters. The maximum atomic E-state index is 12.2. The van der Waals surface area contributed by atoms with Crippen LogP contribution in [-0.4, -0.2) is 17.4 Å². The summed E-state index contributed by atoms with van der Waals surface area (Å²) in [5, 5.41) is 3.13. The van der Waals surface area contributed by atoms with E-state index in [0.29, 0.717) is 29.4 Å². The zero-order valence-corrected chi connectivity index (χ0v) is 11.0. The van der Waals surface area contributed by atoms with Gasteiger partial charge in [0.1, 0.15) is 5.15 Å². The minimum absolute atomic E-state index is 0.175. The zero-order valence-electron chi connectivity index (χ0n) is 10.3. The highest BCUT2D eigenvalue weighted by molar-refractivity contribution is 6.29. The summed E-state index contributed by atoms with van der Waals surface area (Å²) in [6.45, 7) is 0.505. The van der Waals surface area contributed by atoms with Gasteiger partial charge in [-0.25, -0.2) is 4.98 Å². The number of amides is 1. The zero-order chi connectivity index (χ0) is 13.7. The highest BCUT2D eigenvalue weighted by atomic mass is 35.5. The smallest absolute Gasteiger partial charge is 0.255 e. The lowest BCUT2D eigenvalue weighted by atomic mass is 10.0. The van der Waals surface area contributed by atoms with Crippen LogP contribution in [-0.2, 0) is 6.42 Å². The molecule has 0 atom stereocenters. The highest BCUT2D eigenvalue weighted by Gasteiger charge is 2.10. The Balaban J connectivity index is 2.20. The normalized spacial score (nSPS) is 10.2. The fourth-order valence-electron chi connectivity index (χ4n) is 1.79. The van der Waals surface area contributed by atoms with Gasteiger partial charge in [-0.1, -0.05) is 29.8 Å². The second kappa shape index (κ2) is 6.31. The summed E-state index contributed by atoms with van der Waals surface area (Å²) in [5.41, 5.74) is 7.72. The average Bonchev–Trinajstić information content (AvgIpc) is 2.39. The van der Waals surface area contributed by atoms with Crippen molar-refractivity contribution in [2.24, 2.45) is 5.73 Å². The summed E-state index contributed by atoms with van der Waals surface area (Å²) in [5.74, 6) is -0.175. The van der Waals surface area contributed by atoms with E-state index in [1.807, 2.05) is 18.2 Å². The van der Waals surface area contributed by atoms with Crippen molar-refractivity contribution < 1.29 is 4.79 Å². The van der Waals surface area contributed by atoms with Crippen molar-refractivity contribution in [3.05, 3.63) is 58.9 Å². The number of hydrogen-bond donors (Lipinski definition) is 2. The third-order valence-electron chi connectivity index (χ3n) is 2.66. The first kappa shape index (κ1) is 13.5. The first-order valence-corrected chi connectivity index (χ1v) is 6.29. The molecule has 1 aromatic heterocycles. The van der Waals surface area contributed by atoms with Crippen LogP contribution >= 0.6 is 11.6 Å². The molecule has 0 aliphatic heterocycles. The maximum absolute atomic E-state index is 12.2. The number of benzene rings is 1. The first-order chi connectivity index (χ1) is 9.20. The lowest BCUT2D eigenvalue weighted by molar-refractivity contribution is 0.102. The van der Waals surface area contributed by atoms with Gasteiger partial charge in [0, 0.05) is 17.4 Å². The summed E-state index contributed by atoms with van der Waals surface area (Å²) in [6, 6.07) is 10.7. The number of nitrogens with one attached hydrogen (secondary N) is 1. The predicted molar refractivity (Wildman–Crippen MR) is 76.4 cm³/mol. The van der Waals surface area contributed by atoms with Gasteiger partial charge in [-0.15, -0.1) is 0 Å². The number of nitrogens with zero attached hydrogens (tertiary/aromatic N) is 1. The molecule has 1 amide bonds. The van der Waals surface area contributed by atoms with Crippen LogP contribution in [0.4, 0.5) is 5.69 Å². The molecule has 0 saturated carbocycles. The number of aromatic nitrogens is 1. The Labute approximate surface area is 116 Å². The first-order valence-electron chi connectivity index (χ1n) is 5.91. The van der Waals surface area contributed by atoms with Crippen molar-refractivity contribution in [2.45, 2.75) is 6.42 Å². The Morgan fingerprint density at radius 3 is 2.84 bits per heavy atom. The number of hydrogen-bond acceptors (Lipinski definition) is 3. The van der Waals surface area contributed by atoms with Gasteiger partial charge < -0.3 is 11.1 Å². The Bertz CT molecular complexity index is 586. The summed E-state index contributed by atoms with van der Waals surface area (Å²) in [4.78, 5) is 16.1. The molecule has 5 heteroatoms. The Hall–Kier alpha value is -1.91. The minimum atomic E-state index is -0.175. The predicted octanol–water partition coefficient (Wildman–Crippen LogP) is 2.49. The number of carbonyl (C=O) groups excluding carboxylic acids is 1. The van der Waals surface area contributed by atoms with Gasteiger partial charge in [0.25, 0.3) is 5.91 Å². The summed E-state index contributed by atoms with van der Waals surface area (Å²) in [7, 11) is 0. The largest absolute Gasteiger partial charge is 0.330 e. The van der Waals surface area contributed by atoms with Crippen LogP contribution in [0.3, 0.4) is 0 Å². The molecule has 2 rings (SSSR count). The molecule has 1 heterocycles. The number of carbonyl (C=O) groups is 1. The van der Waals surface area contributed by atoms with Crippen molar-refractivity contribution in [1.29, 1.82) is 0 Å². The van der Waals surface area contributed by atoms with Gasteiger partial charge in [-0.3, -0.25) is 4.79 Å². The summed E-state index contributed by atoms with van der Waals surface area (Å²) < 4.78 is 0. The van der Waals surface area contributed by atoms with E-state index >= 15 is 0 Å². The minimum Gasteiger partial charge on any atom is -0.330 e. The van der Waals surface area contributed by atoms with Crippen molar-refractivity contribution in [1.82, 2.24) is 4.98 Å². The lowest BCUT2D eigenvalue weighted by Crippen LogP contribution is -2.15. The maximum Gasteiger partial charge on any atom is 0.255 e. The number of rotatable bonds is 4. The van der Waals surface area contributed by atoms with Crippen LogP contribution in [0.1, 0.15) is 15.9 Å². The molecular formula is C14H14ClN3O. The van der Waals surface area contributed by atoms with E-state index < -0.39 is 0 Å². The van der Waals surface area contributed by atoms with Gasteiger partial charge in [0.15, 0.2) is 0 Å². The van der Waals surface area contributed by atoms with Gasteiger partial charge in [0.2, 0.25) is 0 Å². The third-order valence-corrected chi connectivity index (χ3v) is 2.87. The van der Waals surface area contributed by atoms with E-state index in [9.17, 15) is 4.79 Å². The van der Waals surface area contributed by atoms with E-state index in [2.05, 4.69) is 10.3 Å². The van der Waals surface area contributed by atoms with Crippen LogP contribution in [0.2, 0.25) is 5.15 Å². The fraction of sp³-hybridized carbons (Fsp3) is 0.143. The highest BCUT2D eigenvalue weighted by Crippen LogP contribution is 2.15. The SMILES string of the molecule is NCCc1ccccc1C(=O)Nc1ccnc(Cl)c1. The van der Waals surface area contributed by atoms with Crippen LogP contribution in [0, 0.1) is 0 Å². The monoisotopic (exact) mass is 275 g/mol. The molecule has 2 aromatic rings. The topological polar surface area (TPSA) is 68.0 Å².